The molecule has 3 heteroatoms. The van der Waals surface area contributed by atoms with Crippen LogP contribution in [-0.2, 0) is 0 Å². The number of rotatable bonds is 1. The van der Waals surface area contributed by atoms with Crippen LogP contribution < -0.4 is 0 Å². The Labute approximate surface area is 88.4 Å². The highest BCUT2D eigenvalue weighted by atomic mass is 32.1. The van der Waals surface area contributed by atoms with Gasteiger partial charge in [-0.1, -0.05) is 17.7 Å². The summed E-state index contributed by atoms with van der Waals surface area (Å²) in [6.07, 6.45) is 0. The Hall–Kier alpha value is -1.22. The fraction of sp³-hybridized carbons (Fsp3) is 0.182. The Morgan fingerprint density at radius 2 is 2.07 bits per heavy atom. The maximum atomic E-state index is 5.47. The lowest BCUT2D eigenvalue weighted by atomic mass is 10.1. The zero-order valence-electron chi connectivity index (χ0n) is 8.11. The molecule has 2 rings (SSSR count). The number of benzene rings is 1. The van der Waals surface area contributed by atoms with Gasteiger partial charge in [0, 0.05) is 5.56 Å². The quantitative estimate of drug-likeness (QED) is 0.723. The summed E-state index contributed by atoms with van der Waals surface area (Å²) in [6, 6.07) is 8.05. The van der Waals surface area contributed by atoms with Crippen molar-refractivity contribution in [1.29, 1.82) is 0 Å². The Morgan fingerprint density at radius 3 is 2.64 bits per heavy atom. The molecule has 0 aliphatic carbocycles. The average molecular weight is 205 g/mol. The number of hydrogen-bond acceptors (Lipinski definition) is 3. The van der Waals surface area contributed by atoms with Crippen molar-refractivity contribution < 1.29 is 4.42 Å². The number of thiol groups is 1. The van der Waals surface area contributed by atoms with Crippen LogP contribution in [0.1, 0.15) is 11.3 Å². The summed E-state index contributed by atoms with van der Waals surface area (Å²) in [5.74, 6) is 1.39. The van der Waals surface area contributed by atoms with E-state index in [4.69, 9.17) is 4.42 Å². The van der Waals surface area contributed by atoms with Gasteiger partial charge in [-0.05, 0) is 26.0 Å². The summed E-state index contributed by atoms with van der Waals surface area (Å²) in [6.45, 7) is 3.90. The molecule has 0 spiro atoms. The zero-order chi connectivity index (χ0) is 10.1. The van der Waals surface area contributed by atoms with E-state index < -0.39 is 0 Å². The normalized spacial score (nSPS) is 10.5. The fourth-order valence-electron chi connectivity index (χ4n) is 1.29. The Bertz CT molecular complexity index is 443. The summed E-state index contributed by atoms with van der Waals surface area (Å²) in [5, 5.41) is 0.654. The van der Waals surface area contributed by atoms with Crippen molar-refractivity contribution in [2.45, 2.75) is 18.9 Å². The number of aryl methyl sites for hydroxylation is 2. The molecular weight excluding hydrogens is 194 g/mol. The number of nitrogens with zero attached hydrogens (tertiary/aromatic N) is 1. The number of oxazole rings is 1. The second-order valence-electron chi connectivity index (χ2n) is 3.27. The van der Waals surface area contributed by atoms with Crippen LogP contribution >= 0.6 is 12.6 Å². The van der Waals surface area contributed by atoms with Crippen molar-refractivity contribution in [2.24, 2.45) is 0 Å². The van der Waals surface area contributed by atoms with Crippen LogP contribution in [0.5, 0.6) is 0 Å². The molecule has 0 saturated carbocycles. The van der Waals surface area contributed by atoms with Gasteiger partial charge >= 0.3 is 0 Å². The van der Waals surface area contributed by atoms with E-state index in [1.165, 1.54) is 5.56 Å². The van der Waals surface area contributed by atoms with Crippen LogP contribution in [-0.4, -0.2) is 4.98 Å². The summed E-state index contributed by atoms with van der Waals surface area (Å²) in [5.41, 5.74) is 2.19. The van der Waals surface area contributed by atoms with E-state index in [1.54, 1.807) is 0 Å². The lowest BCUT2D eigenvalue weighted by Crippen LogP contribution is -1.78. The second-order valence-corrected chi connectivity index (χ2v) is 3.69. The van der Waals surface area contributed by atoms with Crippen LogP contribution in [0.3, 0.4) is 0 Å². The van der Waals surface area contributed by atoms with Crippen molar-refractivity contribution in [1.82, 2.24) is 4.98 Å². The lowest BCUT2D eigenvalue weighted by Gasteiger charge is -1.96. The number of aromatic nitrogens is 1. The monoisotopic (exact) mass is 205 g/mol. The molecule has 2 nitrogen and oxygen atoms in total. The van der Waals surface area contributed by atoms with Gasteiger partial charge < -0.3 is 4.42 Å². The fourth-order valence-corrected chi connectivity index (χ4v) is 1.43. The highest BCUT2D eigenvalue weighted by Crippen LogP contribution is 2.23. The zero-order valence-corrected chi connectivity index (χ0v) is 9.01. The Balaban J connectivity index is 2.49. The third-order valence-electron chi connectivity index (χ3n) is 2.04. The molecule has 14 heavy (non-hydrogen) atoms. The van der Waals surface area contributed by atoms with E-state index in [0.717, 1.165) is 11.3 Å². The molecule has 0 bridgehead atoms. The molecule has 0 aliphatic heterocycles. The first-order chi connectivity index (χ1) is 6.66. The van der Waals surface area contributed by atoms with Crippen molar-refractivity contribution in [2.75, 3.05) is 0 Å². The first-order valence-corrected chi connectivity index (χ1v) is 4.85. The predicted molar refractivity (Wildman–Crippen MR) is 58.7 cm³/mol. The highest BCUT2D eigenvalue weighted by molar-refractivity contribution is 7.80. The summed E-state index contributed by atoms with van der Waals surface area (Å²) < 4.78 is 5.47. The van der Waals surface area contributed by atoms with E-state index >= 15 is 0 Å². The van der Waals surface area contributed by atoms with Crippen LogP contribution in [0.15, 0.2) is 33.7 Å². The molecule has 2 aromatic rings. The van der Waals surface area contributed by atoms with E-state index in [-0.39, 0.29) is 0 Å². The average Bonchev–Trinajstić information content (AvgIpc) is 2.47. The third kappa shape index (κ3) is 1.68. The molecule has 0 saturated heterocycles. The molecule has 0 radical (unpaired) electrons. The van der Waals surface area contributed by atoms with Gasteiger partial charge in [0.2, 0.25) is 5.89 Å². The minimum Gasteiger partial charge on any atom is -0.440 e. The first-order valence-electron chi connectivity index (χ1n) is 4.40. The molecule has 1 aromatic heterocycles. The van der Waals surface area contributed by atoms with Crippen molar-refractivity contribution in [3.8, 4) is 11.5 Å². The molecule has 0 N–H and O–H groups in total. The SMILES string of the molecule is Cc1cccc(-c2nc(S)c(C)o2)c1. The molecule has 72 valence electrons. The predicted octanol–water partition coefficient (Wildman–Crippen LogP) is 3.25. The van der Waals surface area contributed by atoms with Crippen LogP contribution in [0, 0.1) is 13.8 Å². The van der Waals surface area contributed by atoms with Crippen molar-refractivity contribution >= 4 is 12.6 Å². The standard InChI is InChI=1S/C11H11NOS/c1-7-4-3-5-9(6-7)10-12-11(14)8(2)13-10/h3-6,14H,1-2H3. The van der Waals surface area contributed by atoms with Gasteiger partial charge in [-0.3, -0.25) is 0 Å². The van der Waals surface area contributed by atoms with Crippen molar-refractivity contribution in [3.63, 3.8) is 0 Å². The van der Waals surface area contributed by atoms with Gasteiger partial charge in [-0.25, -0.2) is 4.98 Å². The number of hydrogen-bond donors (Lipinski definition) is 1. The van der Waals surface area contributed by atoms with Gasteiger partial charge in [0.15, 0.2) is 0 Å². The molecule has 0 unspecified atom stereocenters. The van der Waals surface area contributed by atoms with Gasteiger partial charge in [0.05, 0.1) is 0 Å². The Morgan fingerprint density at radius 1 is 1.29 bits per heavy atom. The van der Waals surface area contributed by atoms with E-state index in [9.17, 15) is 0 Å². The summed E-state index contributed by atoms with van der Waals surface area (Å²) in [7, 11) is 0. The van der Waals surface area contributed by atoms with Gasteiger partial charge in [0.25, 0.3) is 0 Å². The molecule has 0 fully saturated rings. The molecular formula is C11H11NOS. The smallest absolute Gasteiger partial charge is 0.227 e. The highest BCUT2D eigenvalue weighted by Gasteiger charge is 2.07. The maximum Gasteiger partial charge on any atom is 0.227 e. The minimum absolute atomic E-state index is 0.635. The molecule has 0 amide bonds. The van der Waals surface area contributed by atoms with E-state index in [0.29, 0.717) is 10.9 Å². The molecule has 1 aromatic carbocycles. The van der Waals surface area contributed by atoms with Crippen LogP contribution in [0.4, 0.5) is 0 Å². The van der Waals surface area contributed by atoms with E-state index in [1.807, 2.05) is 38.1 Å². The van der Waals surface area contributed by atoms with Crippen LogP contribution in [0.2, 0.25) is 0 Å². The largest absolute Gasteiger partial charge is 0.440 e. The molecule has 0 aliphatic rings. The van der Waals surface area contributed by atoms with E-state index in [2.05, 4.69) is 17.6 Å². The third-order valence-corrected chi connectivity index (χ3v) is 2.45. The molecule has 1 heterocycles. The van der Waals surface area contributed by atoms with Gasteiger partial charge in [-0.15, -0.1) is 12.6 Å². The Kier molecular flexibility index (Phi) is 2.33. The van der Waals surface area contributed by atoms with Crippen molar-refractivity contribution in [3.05, 3.63) is 35.6 Å². The summed E-state index contributed by atoms with van der Waals surface area (Å²) in [4.78, 5) is 4.22. The lowest BCUT2D eigenvalue weighted by molar-refractivity contribution is 0.537. The maximum absolute atomic E-state index is 5.47. The minimum atomic E-state index is 0.635. The second kappa shape index (κ2) is 3.50. The topological polar surface area (TPSA) is 26.0 Å². The van der Waals surface area contributed by atoms with Gasteiger partial charge in [0.1, 0.15) is 10.8 Å². The summed E-state index contributed by atoms with van der Waals surface area (Å²) >= 11 is 4.19. The van der Waals surface area contributed by atoms with Crippen LogP contribution in [0.25, 0.3) is 11.5 Å². The first kappa shape index (κ1) is 9.34. The molecule has 0 atom stereocenters. The van der Waals surface area contributed by atoms with Gasteiger partial charge in [-0.2, -0.15) is 0 Å².